The highest BCUT2D eigenvalue weighted by atomic mass is 15.3. The van der Waals surface area contributed by atoms with Crippen LogP contribution in [0.5, 0.6) is 0 Å². The smallest absolute Gasteiger partial charge is 0.113 e. The van der Waals surface area contributed by atoms with E-state index in [1.165, 1.54) is 17.5 Å². The van der Waals surface area contributed by atoms with Crippen LogP contribution >= 0.6 is 0 Å². The van der Waals surface area contributed by atoms with Crippen molar-refractivity contribution in [2.24, 2.45) is 39.8 Å². The number of benzene rings is 2. The zero-order chi connectivity index (χ0) is 15.2. The average molecular weight is 300 g/mol. The molecule has 2 heterocycles. The zero-order valence-corrected chi connectivity index (χ0v) is 13.3. The topological polar surface area (TPSA) is 24.7 Å². The Morgan fingerprint density at radius 2 is 1.17 bits per heavy atom. The van der Waals surface area contributed by atoms with E-state index in [4.69, 9.17) is 10.2 Å². The van der Waals surface area contributed by atoms with Crippen LogP contribution in [0.15, 0.2) is 70.9 Å². The molecular weight excluding hydrogens is 280 g/mol. The van der Waals surface area contributed by atoms with Crippen LogP contribution in [0.3, 0.4) is 0 Å². The van der Waals surface area contributed by atoms with E-state index in [0.29, 0.717) is 23.7 Å². The first-order chi connectivity index (χ1) is 11.3. The maximum atomic E-state index is 5.07. The lowest BCUT2D eigenvalue weighted by Crippen LogP contribution is -2.47. The minimum absolute atomic E-state index is 0.0213. The molecule has 2 bridgehead atoms. The molecule has 0 aromatic heterocycles. The monoisotopic (exact) mass is 300 g/mol. The standard InChI is InChI=1S/C21H20N2/c1-13-18-19(13)21(15-10-6-3-7-11-15)17-12-16(17)20(18,22-23-21)14-8-4-2-5-9-14/h2-11,13,16-19H,12H2,1H3/t13?,16-,17+,18+,19-,20-,21+. The van der Waals surface area contributed by atoms with Gasteiger partial charge in [-0.25, -0.2) is 0 Å². The summed E-state index contributed by atoms with van der Waals surface area (Å²) in [5.74, 6) is 3.44. The van der Waals surface area contributed by atoms with Crippen molar-refractivity contribution in [1.29, 1.82) is 0 Å². The highest BCUT2D eigenvalue weighted by Crippen LogP contribution is 2.83. The maximum Gasteiger partial charge on any atom is 0.113 e. The Hall–Kier alpha value is -1.96. The molecule has 0 amide bonds. The number of azo groups is 1. The van der Waals surface area contributed by atoms with Crippen LogP contribution in [0.1, 0.15) is 24.5 Å². The SMILES string of the molecule is CC1[C@@H]2[C@H]1[C@]1(c3ccccc3)N=N[C@@]2(c2ccccc2)[C@H]2C[C@H]21. The summed E-state index contributed by atoms with van der Waals surface area (Å²) in [6, 6.07) is 22.0. The second kappa shape index (κ2) is 3.75. The molecule has 2 aromatic rings. The van der Waals surface area contributed by atoms with Gasteiger partial charge >= 0.3 is 0 Å². The van der Waals surface area contributed by atoms with Crippen molar-refractivity contribution in [3.63, 3.8) is 0 Å². The fourth-order valence-corrected chi connectivity index (χ4v) is 6.26. The Bertz CT molecular complexity index is 747. The number of hydrogen-bond acceptors (Lipinski definition) is 2. The Morgan fingerprint density at radius 3 is 1.61 bits per heavy atom. The Balaban J connectivity index is 1.59. The van der Waals surface area contributed by atoms with Crippen LogP contribution in [0.25, 0.3) is 0 Å². The van der Waals surface area contributed by atoms with Gasteiger partial charge in [0.25, 0.3) is 0 Å². The molecule has 0 spiro atoms. The van der Waals surface area contributed by atoms with E-state index in [1.54, 1.807) is 0 Å². The number of rotatable bonds is 2. The summed E-state index contributed by atoms with van der Waals surface area (Å²) in [5, 5.41) is 10.1. The van der Waals surface area contributed by atoms with Crippen molar-refractivity contribution < 1.29 is 0 Å². The molecule has 5 aliphatic rings. The van der Waals surface area contributed by atoms with Crippen molar-refractivity contribution in [2.75, 3.05) is 0 Å². The van der Waals surface area contributed by atoms with Crippen LogP contribution in [0, 0.1) is 29.6 Å². The van der Waals surface area contributed by atoms with Crippen molar-refractivity contribution in [3.05, 3.63) is 71.8 Å². The summed E-state index contributed by atoms with van der Waals surface area (Å²) >= 11 is 0. The third kappa shape index (κ3) is 1.22. The van der Waals surface area contributed by atoms with Crippen molar-refractivity contribution in [1.82, 2.24) is 0 Å². The van der Waals surface area contributed by atoms with Crippen molar-refractivity contribution in [2.45, 2.75) is 24.4 Å². The number of nitrogens with zero attached hydrogens (tertiary/aromatic N) is 2. The van der Waals surface area contributed by atoms with Crippen molar-refractivity contribution in [3.8, 4) is 0 Å². The molecule has 3 saturated carbocycles. The molecule has 23 heavy (non-hydrogen) atoms. The third-order valence-electron chi connectivity index (χ3n) is 7.17. The summed E-state index contributed by atoms with van der Waals surface area (Å²) in [7, 11) is 0. The van der Waals surface area contributed by atoms with Crippen LogP contribution in [0.4, 0.5) is 0 Å². The van der Waals surface area contributed by atoms with Gasteiger partial charge < -0.3 is 0 Å². The van der Waals surface area contributed by atoms with Gasteiger partial charge in [-0.15, -0.1) is 0 Å². The molecule has 0 saturated heterocycles. The van der Waals surface area contributed by atoms with Crippen LogP contribution in [0.2, 0.25) is 0 Å². The van der Waals surface area contributed by atoms with Gasteiger partial charge in [0.1, 0.15) is 11.1 Å². The summed E-state index contributed by atoms with van der Waals surface area (Å²) < 4.78 is 0. The van der Waals surface area contributed by atoms with E-state index < -0.39 is 0 Å². The summed E-state index contributed by atoms with van der Waals surface area (Å²) in [6.45, 7) is 2.42. The van der Waals surface area contributed by atoms with Gasteiger partial charge in [-0.2, -0.15) is 10.2 Å². The fourth-order valence-electron chi connectivity index (χ4n) is 6.26. The lowest BCUT2D eigenvalue weighted by atomic mass is 9.66. The van der Waals surface area contributed by atoms with E-state index in [2.05, 4.69) is 67.6 Å². The first-order valence-electron chi connectivity index (χ1n) is 8.85. The largest absolute Gasteiger partial charge is 0.181 e. The second-order valence-electron chi connectivity index (χ2n) is 7.94. The van der Waals surface area contributed by atoms with E-state index in [9.17, 15) is 0 Å². The first-order valence-corrected chi connectivity index (χ1v) is 8.85. The first kappa shape index (κ1) is 12.5. The van der Waals surface area contributed by atoms with Gasteiger partial charge in [-0.3, -0.25) is 0 Å². The van der Waals surface area contributed by atoms with Gasteiger partial charge in [-0.05, 0) is 47.1 Å². The van der Waals surface area contributed by atoms with Crippen molar-refractivity contribution >= 4 is 0 Å². The molecule has 7 atom stereocenters. The van der Waals surface area contributed by atoms with Crippen LogP contribution in [-0.2, 0) is 11.1 Å². The van der Waals surface area contributed by atoms with E-state index in [-0.39, 0.29) is 11.1 Å². The minimum Gasteiger partial charge on any atom is -0.181 e. The molecule has 1 unspecified atom stereocenters. The van der Waals surface area contributed by atoms with Gasteiger partial charge in [0.2, 0.25) is 0 Å². The molecule has 2 nitrogen and oxygen atoms in total. The highest BCUT2D eigenvalue weighted by Gasteiger charge is 2.84. The minimum atomic E-state index is -0.0213. The lowest BCUT2D eigenvalue weighted by Gasteiger charge is -2.46. The average Bonchev–Trinajstić information content (AvgIpc) is 3.53. The van der Waals surface area contributed by atoms with E-state index in [1.807, 2.05) is 0 Å². The van der Waals surface area contributed by atoms with E-state index >= 15 is 0 Å². The van der Waals surface area contributed by atoms with Gasteiger partial charge in [0, 0.05) is 0 Å². The third-order valence-corrected chi connectivity index (χ3v) is 7.17. The summed E-state index contributed by atoms with van der Waals surface area (Å²) in [5.41, 5.74) is 2.76. The second-order valence-corrected chi connectivity index (χ2v) is 7.94. The molecule has 3 fully saturated rings. The lowest BCUT2D eigenvalue weighted by molar-refractivity contribution is 0.110. The van der Waals surface area contributed by atoms with Gasteiger partial charge in [0.15, 0.2) is 0 Å². The van der Waals surface area contributed by atoms with Gasteiger partial charge in [-0.1, -0.05) is 67.6 Å². The highest BCUT2D eigenvalue weighted by molar-refractivity contribution is 5.46. The molecule has 0 radical (unpaired) electrons. The normalized spacial score (nSPS) is 47.8. The molecule has 0 N–H and O–H groups in total. The predicted octanol–water partition coefficient (Wildman–Crippen LogP) is 4.78. The molecule has 7 rings (SSSR count). The Morgan fingerprint density at radius 1 is 0.739 bits per heavy atom. The molecule has 2 aromatic carbocycles. The van der Waals surface area contributed by atoms with Crippen LogP contribution < -0.4 is 0 Å². The number of hydrogen-bond donors (Lipinski definition) is 0. The van der Waals surface area contributed by atoms with Gasteiger partial charge in [0.05, 0.1) is 0 Å². The van der Waals surface area contributed by atoms with E-state index in [0.717, 1.165) is 5.92 Å². The molecular formula is C21H20N2. The Labute approximate surface area is 136 Å². The summed E-state index contributed by atoms with van der Waals surface area (Å²) in [4.78, 5) is 0. The fraction of sp³-hybridized carbons (Fsp3) is 0.429. The maximum absolute atomic E-state index is 5.07. The molecule has 2 aliphatic heterocycles. The Kier molecular flexibility index (Phi) is 2.03. The molecule has 2 heteroatoms. The quantitative estimate of drug-likeness (QED) is 0.763. The predicted molar refractivity (Wildman–Crippen MR) is 88.8 cm³/mol. The molecule has 3 aliphatic carbocycles. The molecule has 114 valence electrons. The summed E-state index contributed by atoms with van der Waals surface area (Å²) in [6.07, 6.45) is 1.29. The zero-order valence-electron chi connectivity index (χ0n) is 13.3. The van der Waals surface area contributed by atoms with Crippen LogP contribution in [-0.4, -0.2) is 0 Å².